The van der Waals surface area contributed by atoms with Gasteiger partial charge in [0, 0.05) is 5.92 Å². The summed E-state index contributed by atoms with van der Waals surface area (Å²) >= 11 is 0. The first-order chi connectivity index (χ1) is 9.63. The van der Waals surface area contributed by atoms with Crippen molar-refractivity contribution < 1.29 is 4.74 Å². The molecular weight excluding hydrogens is 246 g/mol. The largest absolute Gasteiger partial charge is 0.490 e. The Morgan fingerprint density at radius 3 is 2.70 bits per heavy atom. The van der Waals surface area contributed by atoms with E-state index in [2.05, 4.69) is 39.0 Å². The molecule has 0 radical (unpaired) electrons. The van der Waals surface area contributed by atoms with E-state index in [1.165, 1.54) is 43.2 Å². The fourth-order valence-corrected chi connectivity index (χ4v) is 3.45. The quantitative estimate of drug-likeness (QED) is 0.873. The lowest BCUT2D eigenvalue weighted by Crippen LogP contribution is -2.38. The van der Waals surface area contributed by atoms with E-state index in [-0.39, 0.29) is 0 Å². The monoisotopic (exact) mass is 275 g/mol. The molecule has 20 heavy (non-hydrogen) atoms. The Morgan fingerprint density at radius 2 is 2.05 bits per heavy atom. The molecule has 3 atom stereocenters. The second-order valence-electron chi connectivity index (χ2n) is 6.39. The van der Waals surface area contributed by atoms with Gasteiger partial charge in [0.2, 0.25) is 0 Å². The number of rotatable bonds is 5. The van der Waals surface area contributed by atoms with Crippen LogP contribution in [0.4, 0.5) is 0 Å². The smallest absolute Gasteiger partial charge is 0.122 e. The summed E-state index contributed by atoms with van der Waals surface area (Å²) in [7, 11) is 0. The van der Waals surface area contributed by atoms with Crippen molar-refractivity contribution in [3.05, 3.63) is 29.3 Å². The van der Waals surface area contributed by atoms with E-state index in [0.29, 0.717) is 12.0 Å². The van der Waals surface area contributed by atoms with Crippen LogP contribution in [0.1, 0.15) is 50.2 Å². The molecule has 1 aromatic rings. The molecule has 0 saturated heterocycles. The van der Waals surface area contributed by atoms with E-state index in [0.717, 1.165) is 18.2 Å². The van der Waals surface area contributed by atoms with Gasteiger partial charge in [-0.1, -0.05) is 37.5 Å². The summed E-state index contributed by atoms with van der Waals surface area (Å²) in [5, 5.41) is 0. The summed E-state index contributed by atoms with van der Waals surface area (Å²) in [4.78, 5) is 0. The van der Waals surface area contributed by atoms with Gasteiger partial charge in [0.1, 0.15) is 11.9 Å². The number of benzene rings is 1. The summed E-state index contributed by atoms with van der Waals surface area (Å²) < 4.78 is 6.34. The van der Waals surface area contributed by atoms with Gasteiger partial charge >= 0.3 is 0 Å². The van der Waals surface area contributed by atoms with Gasteiger partial charge in [-0.3, -0.25) is 0 Å². The minimum absolute atomic E-state index is 0.298. The van der Waals surface area contributed by atoms with E-state index in [1.807, 2.05) is 0 Å². The topological polar surface area (TPSA) is 35.2 Å². The first-order valence-corrected chi connectivity index (χ1v) is 8.08. The third kappa shape index (κ3) is 3.76. The molecule has 2 nitrogen and oxygen atoms in total. The van der Waals surface area contributed by atoms with Crippen molar-refractivity contribution in [2.45, 2.75) is 59.0 Å². The molecule has 0 heterocycles. The summed E-state index contributed by atoms with van der Waals surface area (Å²) in [6.45, 7) is 7.27. The van der Waals surface area contributed by atoms with Gasteiger partial charge in [-0.2, -0.15) is 0 Å². The van der Waals surface area contributed by atoms with Crippen LogP contribution in [0.3, 0.4) is 0 Å². The summed E-state index contributed by atoms with van der Waals surface area (Å²) in [6, 6.07) is 6.44. The maximum atomic E-state index is 6.34. The SMILES string of the molecule is CCCC1CCC(CN)C(Oc2ccc(C)cc2C)C1. The Bertz CT molecular complexity index is 429. The molecule has 3 unspecified atom stereocenters. The third-order valence-corrected chi connectivity index (χ3v) is 4.65. The molecule has 1 aliphatic rings. The first kappa shape index (κ1) is 15.4. The maximum Gasteiger partial charge on any atom is 0.122 e. The number of ether oxygens (including phenoxy) is 1. The van der Waals surface area contributed by atoms with Crippen LogP contribution in [-0.4, -0.2) is 12.6 Å². The van der Waals surface area contributed by atoms with Crippen LogP contribution in [0.2, 0.25) is 0 Å². The zero-order valence-electron chi connectivity index (χ0n) is 13.2. The normalized spacial score (nSPS) is 26.5. The minimum Gasteiger partial charge on any atom is -0.490 e. The molecule has 0 spiro atoms. The van der Waals surface area contributed by atoms with Crippen LogP contribution < -0.4 is 10.5 Å². The van der Waals surface area contributed by atoms with Gasteiger partial charge in [-0.05, 0) is 57.2 Å². The highest BCUT2D eigenvalue weighted by molar-refractivity contribution is 5.35. The molecule has 2 rings (SSSR count). The lowest BCUT2D eigenvalue weighted by atomic mass is 9.78. The molecule has 1 fully saturated rings. The van der Waals surface area contributed by atoms with Gasteiger partial charge in [-0.15, -0.1) is 0 Å². The second-order valence-corrected chi connectivity index (χ2v) is 6.39. The van der Waals surface area contributed by atoms with Crippen molar-refractivity contribution in [1.82, 2.24) is 0 Å². The van der Waals surface area contributed by atoms with Crippen LogP contribution in [0.25, 0.3) is 0 Å². The third-order valence-electron chi connectivity index (χ3n) is 4.65. The molecule has 2 heteroatoms. The second kappa shape index (κ2) is 7.12. The average Bonchev–Trinajstić information content (AvgIpc) is 2.43. The van der Waals surface area contributed by atoms with Gasteiger partial charge in [-0.25, -0.2) is 0 Å². The van der Waals surface area contributed by atoms with Crippen molar-refractivity contribution in [3.63, 3.8) is 0 Å². The predicted octanol–water partition coefficient (Wildman–Crippen LogP) is 4.23. The molecule has 0 amide bonds. The molecule has 1 aromatic carbocycles. The van der Waals surface area contributed by atoms with E-state index < -0.39 is 0 Å². The van der Waals surface area contributed by atoms with Crippen LogP contribution in [-0.2, 0) is 0 Å². The van der Waals surface area contributed by atoms with Crippen LogP contribution in [0.5, 0.6) is 5.75 Å². The number of hydrogen-bond acceptors (Lipinski definition) is 2. The van der Waals surface area contributed by atoms with Crippen molar-refractivity contribution in [2.24, 2.45) is 17.6 Å². The van der Waals surface area contributed by atoms with E-state index in [4.69, 9.17) is 10.5 Å². The van der Waals surface area contributed by atoms with Crippen molar-refractivity contribution in [3.8, 4) is 5.75 Å². The Hall–Kier alpha value is -1.02. The van der Waals surface area contributed by atoms with Crippen LogP contribution >= 0.6 is 0 Å². The number of nitrogens with two attached hydrogens (primary N) is 1. The molecule has 2 N–H and O–H groups in total. The van der Waals surface area contributed by atoms with Gasteiger partial charge in [0.25, 0.3) is 0 Å². The fraction of sp³-hybridized carbons (Fsp3) is 0.667. The molecule has 0 aliphatic heterocycles. The fourth-order valence-electron chi connectivity index (χ4n) is 3.45. The predicted molar refractivity (Wildman–Crippen MR) is 85.1 cm³/mol. The van der Waals surface area contributed by atoms with E-state index in [1.54, 1.807) is 0 Å². The van der Waals surface area contributed by atoms with Crippen LogP contribution in [0, 0.1) is 25.7 Å². The molecule has 0 bridgehead atoms. The highest BCUT2D eigenvalue weighted by atomic mass is 16.5. The Labute approximate surface area is 123 Å². The zero-order valence-corrected chi connectivity index (χ0v) is 13.2. The van der Waals surface area contributed by atoms with E-state index >= 15 is 0 Å². The molecule has 1 aliphatic carbocycles. The minimum atomic E-state index is 0.298. The maximum absolute atomic E-state index is 6.34. The van der Waals surface area contributed by atoms with Crippen LogP contribution in [0.15, 0.2) is 18.2 Å². The zero-order chi connectivity index (χ0) is 14.5. The molecule has 1 saturated carbocycles. The van der Waals surface area contributed by atoms with Gasteiger partial charge in [0.05, 0.1) is 0 Å². The van der Waals surface area contributed by atoms with E-state index in [9.17, 15) is 0 Å². The summed E-state index contributed by atoms with van der Waals surface area (Å²) in [6.07, 6.45) is 6.60. The Morgan fingerprint density at radius 1 is 1.25 bits per heavy atom. The molecular formula is C18H29NO. The molecule has 0 aromatic heterocycles. The Balaban J connectivity index is 2.07. The highest BCUT2D eigenvalue weighted by Crippen LogP contribution is 2.34. The lowest BCUT2D eigenvalue weighted by molar-refractivity contribution is 0.0663. The van der Waals surface area contributed by atoms with Gasteiger partial charge in [0.15, 0.2) is 0 Å². The highest BCUT2D eigenvalue weighted by Gasteiger charge is 2.31. The first-order valence-electron chi connectivity index (χ1n) is 8.08. The summed E-state index contributed by atoms with van der Waals surface area (Å²) in [5.74, 6) is 2.37. The number of hydrogen-bond donors (Lipinski definition) is 1. The van der Waals surface area contributed by atoms with Crippen molar-refractivity contribution >= 4 is 0 Å². The van der Waals surface area contributed by atoms with Crippen molar-refractivity contribution in [2.75, 3.05) is 6.54 Å². The average molecular weight is 275 g/mol. The molecule has 112 valence electrons. The number of aryl methyl sites for hydroxylation is 2. The summed E-state index contributed by atoms with van der Waals surface area (Å²) in [5.41, 5.74) is 8.47. The standard InChI is InChI=1S/C18H29NO/c1-4-5-15-7-8-16(12-19)18(11-15)20-17-9-6-13(2)10-14(17)3/h6,9-10,15-16,18H,4-5,7-8,11-12,19H2,1-3H3. The van der Waals surface area contributed by atoms with Gasteiger partial charge < -0.3 is 10.5 Å². The lowest BCUT2D eigenvalue weighted by Gasteiger charge is -2.36. The van der Waals surface area contributed by atoms with Crippen molar-refractivity contribution in [1.29, 1.82) is 0 Å². The Kier molecular flexibility index (Phi) is 5.47.